The Labute approximate surface area is 102 Å². The highest BCUT2D eigenvalue weighted by Crippen LogP contribution is 2.20. The summed E-state index contributed by atoms with van der Waals surface area (Å²) in [6.07, 6.45) is 0. The maximum Gasteiger partial charge on any atom is 0.0991 e. The van der Waals surface area contributed by atoms with E-state index in [-0.39, 0.29) is 13.2 Å². The molecular weight excluding hydrogens is 216 g/mol. The van der Waals surface area contributed by atoms with Gasteiger partial charge < -0.3 is 15.1 Å². The van der Waals surface area contributed by atoms with E-state index in [1.165, 1.54) is 0 Å². The minimum Gasteiger partial charge on any atom is -0.396 e. The van der Waals surface area contributed by atoms with Gasteiger partial charge in [0.2, 0.25) is 0 Å². The Bertz CT molecular complexity index is 391. The van der Waals surface area contributed by atoms with Gasteiger partial charge in [-0.3, -0.25) is 0 Å². The standard InChI is InChI=1S/C13H18N2O2/c1-13(9-16,10-17)8-15(2)12-5-3-11(7-14)4-6-12/h3-6,16-17H,8-10H2,1-2H3. The summed E-state index contributed by atoms with van der Waals surface area (Å²) in [6.45, 7) is 2.24. The third-order valence-corrected chi connectivity index (χ3v) is 2.82. The van der Waals surface area contributed by atoms with Gasteiger partial charge >= 0.3 is 0 Å². The van der Waals surface area contributed by atoms with Crippen LogP contribution in [0.4, 0.5) is 5.69 Å². The number of anilines is 1. The maximum atomic E-state index is 9.23. The molecule has 0 unspecified atom stereocenters. The minimum atomic E-state index is -0.525. The highest BCUT2D eigenvalue weighted by atomic mass is 16.3. The van der Waals surface area contributed by atoms with Crippen molar-refractivity contribution in [1.29, 1.82) is 5.26 Å². The third kappa shape index (κ3) is 3.45. The van der Waals surface area contributed by atoms with Crippen molar-refractivity contribution in [2.45, 2.75) is 6.92 Å². The zero-order chi connectivity index (χ0) is 12.9. The van der Waals surface area contributed by atoms with E-state index in [2.05, 4.69) is 6.07 Å². The van der Waals surface area contributed by atoms with E-state index in [0.717, 1.165) is 5.69 Å². The van der Waals surface area contributed by atoms with Crippen LogP contribution in [0.3, 0.4) is 0 Å². The van der Waals surface area contributed by atoms with Crippen LogP contribution in [0, 0.1) is 16.7 Å². The Morgan fingerprint density at radius 2 is 1.76 bits per heavy atom. The number of hydrogen-bond acceptors (Lipinski definition) is 4. The first kappa shape index (κ1) is 13.5. The predicted octanol–water partition coefficient (Wildman–Crippen LogP) is 0.985. The van der Waals surface area contributed by atoms with Gasteiger partial charge in [-0.25, -0.2) is 0 Å². The van der Waals surface area contributed by atoms with Crippen LogP contribution in [0.2, 0.25) is 0 Å². The van der Waals surface area contributed by atoms with Crippen LogP contribution in [0.1, 0.15) is 12.5 Å². The van der Waals surface area contributed by atoms with E-state index in [1.54, 1.807) is 12.1 Å². The zero-order valence-corrected chi connectivity index (χ0v) is 10.2. The molecule has 2 N–H and O–H groups in total. The van der Waals surface area contributed by atoms with E-state index < -0.39 is 5.41 Å². The van der Waals surface area contributed by atoms with Crippen molar-refractivity contribution >= 4 is 5.69 Å². The second-order valence-corrected chi connectivity index (χ2v) is 4.64. The molecule has 0 aliphatic heterocycles. The maximum absolute atomic E-state index is 9.23. The van der Waals surface area contributed by atoms with Crippen LogP contribution in [0.5, 0.6) is 0 Å². The highest BCUT2D eigenvalue weighted by molar-refractivity contribution is 5.49. The minimum absolute atomic E-state index is 0.0654. The zero-order valence-electron chi connectivity index (χ0n) is 10.2. The fraction of sp³-hybridized carbons (Fsp3) is 0.462. The first-order chi connectivity index (χ1) is 8.04. The molecule has 0 spiro atoms. The van der Waals surface area contributed by atoms with E-state index in [0.29, 0.717) is 12.1 Å². The van der Waals surface area contributed by atoms with Gasteiger partial charge in [-0.1, -0.05) is 6.92 Å². The SMILES string of the molecule is CN(CC(C)(CO)CO)c1ccc(C#N)cc1. The smallest absolute Gasteiger partial charge is 0.0991 e. The lowest BCUT2D eigenvalue weighted by Gasteiger charge is -2.31. The van der Waals surface area contributed by atoms with E-state index in [1.807, 2.05) is 31.0 Å². The molecular formula is C13H18N2O2. The molecule has 0 bridgehead atoms. The van der Waals surface area contributed by atoms with Gasteiger partial charge in [-0.15, -0.1) is 0 Å². The summed E-state index contributed by atoms with van der Waals surface area (Å²) < 4.78 is 0. The van der Waals surface area contributed by atoms with Crippen LogP contribution in [-0.2, 0) is 0 Å². The van der Waals surface area contributed by atoms with Crippen molar-refractivity contribution in [2.75, 3.05) is 31.7 Å². The van der Waals surface area contributed by atoms with Gasteiger partial charge in [-0.05, 0) is 24.3 Å². The van der Waals surface area contributed by atoms with Gasteiger partial charge in [-0.2, -0.15) is 5.26 Å². The Morgan fingerprint density at radius 3 is 2.18 bits per heavy atom. The second-order valence-electron chi connectivity index (χ2n) is 4.64. The van der Waals surface area contributed by atoms with Crippen LogP contribution in [0.15, 0.2) is 24.3 Å². The highest BCUT2D eigenvalue weighted by Gasteiger charge is 2.24. The van der Waals surface area contributed by atoms with Crippen LogP contribution >= 0.6 is 0 Å². The molecule has 0 saturated heterocycles. The molecule has 0 atom stereocenters. The molecule has 17 heavy (non-hydrogen) atoms. The summed E-state index contributed by atoms with van der Waals surface area (Å²) in [5, 5.41) is 27.2. The second kappa shape index (κ2) is 5.67. The van der Waals surface area contributed by atoms with Crippen molar-refractivity contribution in [1.82, 2.24) is 0 Å². The van der Waals surface area contributed by atoms with Crippen LogP contribution in [-0.4, -0.2) is 37.0 Å². The van der Waals surface area contributed by atoms with Gasteiger partial charge in [0.05, 0.1) is 24.8 Å². The Balaban J connectivity index is 2.76. The van der Waals surface area contributed by atoms with Crippen LogP contribution in [0.25, 0.3) is 0 Å². The fourth-order valence-electron chi connectivity index (χ4n) is 1.60. The Morgan fingerprint density at radius 1 is 1.24 bits per heavy atom. The van der Waals surface area contributed by atoms with E-state index in [9.17, 15) is 10.2 Å². The molecule has 0 aromatic heterocycles. The number of rotatable bonds is 5. The lowest BCUT2D eigenvalue weighted by molar-refractivity contribution is 0.0763. The first-order valence-electron chi connectivity index (χ1n) is 5.48. The van der Waals surface area contributed by atoms with E-state index >= 15 is 0 Å². The van der Waals surface area contributed by atoms with Gasteiger partial charge in [0.25, 0.3) is 0 Å². The molecule has 4 heteroatoms. The molecule has 0 saturated carbocycles. The largest absolute Gasteiger partial charge is 0.396 e. The van der Waals surface area contributed by atoms with E-state index in [4.69, 9.17) is 5.26 Å². The van der Waals surface area contributed by atoms with Crippen molar-refractivity contribution in [2.24, 2.45) is 5.41 Å². The molecule has 0 fully saturated rings. The summed E-state index contributed by atoms with van der Waals surface area (Å²) in [7, 11) is 1.89. The molecule has 4 nitrogen and oxygen atoms in total. The number of hydrogen-bond donors (Lipinski definition) is 2. The van der Waals surface area contributed by atoms with Gasteiger partial charge in [0, 0.05) is 24.7 Å². The molecule has 0 aliphatic carbocycles. The van der Waals surface area contributed by atoms with Crippen LogP contribution < -0.4 is 4.90 Å². The molecule has 0 amide bonds. The monoisotopic (exact) mass is 234 g/mol. The summed E-state index contributed by atoms with van der Waals surface area (Å²) >= 11 is 0. The average molecular weight is 234 g/mol. The van der Waals surface area contributed by atoms with Gasteiger partial charge in [0.15, 0.2) is 0 Å². The lowest BCUT2D eigenvalue weighted by atomic mass is 9.92. The number of aliphatic hydroxyl groups excluding tert-OH is 2. The molecule has 92 valence electrons. The molecule has 0 radical (unpaired) electrons. The Kier molecular flexibility index (Phi) is 4.50. The molecule has 1 aromatic rings. The van der Waals surface area contributed by atoms with Gasteiger partial charge in [0.1, 0.15) is 0 Å². The summed E-state index contributed by atoms with van der Waals surface area (Å²) in [6, 6.07) is 9.28. The molecule has 1 rings (SSSR count). The Hall–Kier alpha value is -1.57. The van der Waals surface area contributed by atoms with Crippen molar-refractivity contribution in [3.63, 3.8) is 0 Å². The third-order valence-electron chi connectivity index (χ3n) is 2.82. The summed E-state index contributed by atoms with van der Waals surface area (Å²) in [4.78, 5) is 1.95. The number of aliphatic hydroxyl groups is 2. The molecule has 1 aromatic carbocycles. The number of benzene rings is 1. The lowest BCUT2D eigenvalue weighted by Crippen LogP contribution is -2.39. The average Bonchev–Trinajstić information content (AvgIpc) is 2.38. The summed E-state index contributed by atoms with van der Waals surface area (Å²) in [5.74, 6) is 0. The van der Waals surface area contributed by atoms with Crippen molar-refractivity contribution in [3.8, 4) is 6.07 Å². The predicted molar refractivity (Wildman–Crippen MR) is 66.7 cm³/mol. The number of nitrogens with zero attached hydrogens (tertiary/aromatic N) is 2. The summed E-state index contributed by atoms with van der Waals surface area (Å²) in [5.41, 5.74) is 1.05. The van der Waals surface area contributed by atoms with Crippen molar-refractivity contribution in [3.05, 3.63) is 29.8 Å². The quantitative estimate of drug-likeness (QED) is 0.797. The topological polar surface area (TPSA) is 67.5 Å². The molecule has 0 aliphatic rings. The van der Waals surface area contributed by atoms with Crippen molar-refractivity contribution < 1.29 is 10.2 Å². The normalized spacial score (nSPS) is 11.0. The first-order valence-corrected chi connectivity index (χ1v) is 5.48. The number of nitriles is 1. The fourth-order valence-corrected chi connectivity index (χ4v) is 1.60. The molecule has 0 heterocycles.